The van der Waals surface area contributed by atoms with Crippen molar-refractivity contribution in [1.29, 1.82) is 0 Å². The molecule has 0 spiro atoms. The number of nitrogens with one attached hydrogen (secondary N) is 1. The summed E-state index contributed by atoms with van der Waals surface area (Å²) in [6.45, 7) is 1.97. The number of hydrogen-bond acceptors (Lipinski definition) is 4. The van der Waals surface area contributed by atoms with Crippen LogP contribution in [0.4, 0.5) is 0 Å². The lowest BCUT2D eigenvalue weighted by Crippen LogP contribution is -2.41. The van der Waals surface area contributed by atoms with Gasteiger partial charge in [-0.25, -0.2) is 4.79 Å². The van der Waals surface area contributed by atoms with Crippen LogP contribution in [0.15, 0.2) is 30.5 Å². The van der Waals surface area contributed by atoms with E-state index in [4.69, 9.17) is 4.74 Å². The van der Waals surface area contributed by atoms with Gasteiger partial charge in [-0.1, -0.05) is 38.0 Å². The Balaban J connectivity index is 2.37. The van der Waals surface area contributed by atoms with Crippen molar-refractivity contribution in [3.63, 3.8) is 0 Å². The number of aliphatic carboxylic acids is 1. The number of benzene rings is 1. The normalized spacial score (nSPS) is 11.9. The van der Waals surface area contributed by atoms with Crippen molar-refractivity contribution in [1.82, 2.24) is 10.3 Å². The Labute approximate surface area is 134 Å². The number of aromatic nitrogens is 1. The summed E-state index contributed by atoms with van der Waals surface area (Å²) in [5, 5.41) is 12.5. The number of carbonyl (C=O) groups excluding carboxylic acids is 1. The highest BCUT2D eigenvalue weighted by molar-refractivity contribution is 6.09. The summed E-state index contributed by atoms with van der Waals surface area (Å²) in [4.78, 5) is 28.2. The molecule has 0 bridgehead atoms. The number of carboxylic acids is 1. The average Bonchev–Trinajstić information content (AvgIpc) is 2.56. The number of fused-ring (bicyclic) bond motifs is 1. The number of amides is 1. The van der Waals surface area contributed by atoms with Crippen LogP contribution in [0.2, 0.25) is 0 Å². The highest BCUT2D eigenvalue weighted by Gasteiger charge is 2.23. The Bertz CT molecular complexity index is 715. The van der Waals surface area contributed by atoms with Crippen LogP contribution in [0, 0.1) is 0 Å². The highest BCUT2D eigenvalue weighted by atomic mass is 16.5. The summed E-state index contributed by atoms with van der Waals surface area (Å²) in [6.07, 6.45) is 3.45. The average molecular weight is 316 g/mol. The van der Waals surface area contributed by atoms with Crippen LogP contribution in [-0.4, -0.2) is 35.1 Å². The van der Waals surface area contributed by atoms with Gasteiger partial charge in [0.15, 0.2) is 5.75 Å². The van der Waals surface area contributed by atoms with Gasteiger partial charge < -0.3 is 15.2 Å². The van der Waals surface area contributed by atoms with Gasteiger partial charge in [-0.2, -0.15) is 0 Å². The van der Waals surface area contributed by atoms with E-state index < -0.39 is 17.9 Å². The molecule has 0 saturated carbocycles. The first-order valence-corrected chi connectivity index (χ1v) is 7.53. The van der Waals surface area contributed by atoms with Crippen molar-refractivity contribution < 1.29 is 19.4 Å². The zero-order valence-electron chi connectivity index (χ0n) is 13.2. The lowest BCUT2D eigenvalue weighted by Gasteiger charge is -2.16. The SMILES string of the molecule is CCCCC(NC(=O)c1c(OC)cnc2ccccc12)C(=O)O. The number of rotatable bonds is 7. The lowest BCUT2D eigenvalue weighted by molar-refractivity contribution is -0.139. The number of unbranched alkanes of at least 4 members (excludes halogenated alkanes) is 1. The molecule has 6 nitrogen and oxygen atoms in total. The van der Waals surface area contributed by atoms with Gasteiger partial charge in [-0.05, 0) is 12.5 Å². The summed E-state index contributed by atoms with van der Waals surface area (Å²) in [5.74, 6) is -1.19. The predicted octanol–water partition coefficient (Wildman–Crippen LogP) is 2.62. The monoisotopic (exact) mass is 316 g/mol. The first kappa shape index (κ1) is 16.7. The molecule has 1 amide bonds. The molecule has 1 atom stereocenters. The van der Waals surface area contributed by atoms with E-state index in [-0.39, 0.29) is 0 Å². The maximum absolute atomic E-state index is 12.6. The fourth-order valence-electron chi connectivity index (χ4n) is 2.41. The Kier molecular flexibility index (Phi) is 5.51. The molecule has 1 aromatic heterocycles. The quantitative estimate of drug-likeness (QED) is 0.819. The van der Waals surface area contributed by atoms with Gasteiger partial charge in [0.05, 0.1) is 24.4 Å². The Morgan fingerprint density at radius 1 is 1.35 bits per heavy atom. The van der Waals surface area contributed by atoms with Crippen molar-refractivity contribution >= 4 is 22.8 Å². The molecule has 0 aliphatic rings. The van der Waals surface area contributed by atoms with Gasteiger partial charge in [0, 0.05) is 5.39 Å². The Hall–Kier alpha value is -2.63. The molecule has 122 valence electrons. The molecule has 2 N–H and O–H groups in total. The second kappa shape index (κ2) is 7.58. The number of pyridine rings is 1. The maximum atomic E-state index is 12.6. The van der Waals surface area contributed by atoms with Crippen LogP contribution >= 0.6 is 0 Å². The predicted molar refractivity (Wildman–Crippen MR) is 86.7 cm³/mol. The van der Waals surface area contributed by atoms with Gasteiger partial charge in [0.2, 0.25) is 0 Å². The van der Waals surface area contributed by atoms with Gasteiger partial charge >= 0.3 is 5.97 Å². The van der Waals surface area contributed by atoms with E-state index in [2.05, 4.69) is 10.3 Å². The molecule has 0 radical (unpaired) electrons. The lowest BCUT2D eigenvalue weighted by atomic mass is 10.1. The number of carbonyl (C=O) groups is 2. The van der Waals surface area contributed by atoms with Crippen molar-refractivity contribution in [2.75, 3.05) is 7.11 Å². The summed E-state index contributed by atoms with van der Waals surface area (Å²) >= 11 is 0. The van der Waals surface area contributed by atoms with E-state index in [1.165, 1.54) is 13.3 Å². The first-order valence-electron chi connectivity index (χ1n) is 7.53. The molecular weight excluding hydrogens is 296 g/mol. The third-order valence-electron chi connectivity index (χ3n) is 3.64. The summed E-state index contributed by atoms with van der Waals surface area (Å²) in [7, 11) is 1.45. The zero-order valence-corrected chi connectivity index (χ0v) is 13.2. The van der Waals surface area contributed by atoms with E-state index in [1.807, 2.05) is 13.0 Å². The number of methoxy groups -OCH3 is 1. The van der Waals surface area contributed by atoms with Crippen LogP contribution in [-0.2, 0) is 4.79 Å². The second-order valence-corrected chi connectivity index (χ2v) is 5.23. The molecular formula is C17H20N2O4. The second-order valence-electron chi connectivity index (χ2n) is 5.23. The zero-order chi connectivity index (χ0) is 16.8. The minimum atomic E-state index is -1.04. The van der Waals surface area contributed by atoms with Crippen molar-refractivity contribution in [2.45, 2.75) is 32.2 Å². The van der Waals surface area contributed by atoms with E-state index in [0.717, 1.165) is 12.8 Å². The molecule has 0 aliphatic heterocycles. The van der Waals surface area contributed by atoms with Gasteiger partial charge in [-0.3, -0.25) is 9.78 Å². The van der Waals surface area contributed by atoms with Crippen molar-refractivity contribution in [3.8, 4) is 5.75 Å². The van der Waals surface area contributed by atoms with Crippen LogP contribution < -0.4 is 10.1 Å². The van der Waals surface area contributed by atoms with Crippen molar-refractivity contribution in [2.24, 2.45) is 0 Å². The topological polar surface area (TPSA) is 88.5 Å². The number of hydrogen-bond donors (Lipinski definition) is 2. The van der Waals surface area contributed by atoms with Gasteiger partial charge in [-0.15, -0.1) is 0 Å². The summed E-state index contributed by atoms with van der Waals surface area (Å²) < 4.78 is 5.23. The van der Waals surface area contributed by atoms with E-state index in [0.29, 0.717) is 28.6 Å². The van der Waals surface area contributed by atoms with E-state index >= 15 is 0 Å². The summed E-state index contributed by atoms with van der Waals surface area (Å²) in [5.41, 5.74) is 0.958. The standard InChI is InChI=1S/C17H20N2O4/c1-3-4-8-13(17(21)22)19-16(20)15-11-7-5-6-9-12(11)18-10-14(15)23-2/h5-7,9-10,13H,3-4,8H2,1-2H3,(H,19,20)(H,21,22). The first-order chi connectivity index (χ1) is 11.1. The molecule has 1 heterocycles. The minimum absolute atomic E-state index is 0.306. The third-order valence-corrected chi connectivity index (χ3v) is 3.64. The maximum Gasteiger partial charge on any atom is 0.326 e. The molecule has 2 aromatic rings. The molecule has 6 heteroatoms. The van der Waals surface area contributed by atoms with Gasteiger partial charge in [0.1, 0.15) is 6.04 Å². The minimum Gasteiger partial charge on any atom is -0.494 e. The number of ether oxygens (including phenoxy) is 1. The fourth-order valence-corrected chi connectivity index (χ4v) is 2.41. The van der Waals surface area contributed by atoms with Gasteiger partial charge in [0.25, 0.3) is 5.91 Å². The third kappa shape index (κ3) is 3.77. The largest absolute Gasteiger partial charge is 0.494 e. The molecule has 1 unspecified atom stereocenters. The van der Waals surface area contributed by atoms with E-state index in [9.17, 15) is 14.7 Å². The number of carboxylic acid groups (broad SMARTS) is 1. The van der Waals surface area contributed by atoms with Crippen LogP contribution in [0.5, 0.6) is 5.75 Å². The summed E-state index contributed by atoms with van der Waals surface area (Å²) in [6, 6.07) is 6.26. The van der Waals surface area contributed by atoms with Crippen LogP contribution in [0.1, 0.15) is 36.5 Å². The molecule has 0 saturated heterocycles. The smallest absolute Gasteiger partial charge is 0.326 e. The Morgan fingerprint density at radius 2 is 2.09 bits per heavy atom. The highest BCUT2D eigenvalue weighted by Crippen LogP contribution is 2.26. The van der Waals surface area contributed by atoms with Crippen LogP contribution in [0.25, 0.3) is 10.9 Å². The molecule has 2 rings (SSSR count). The fraction of sp³-hybridized carbons (Fsp3) is 0.353. The number of para-hydroxylation sites is 1. The van der Waals surface area contributed by atoms with Crippen LogP contribution in [0.3, 0.4) is 0 Å². The molecule has 1 aromatic carbocycles. The Morgan fingerprint density at radius 3 is 2.74 bits per heavy atom. The van der Waals surface area contributed by atoms with Crippen molar-refractivity contribution in [3.05, 3.63) is 36.0 Å². The molecule has 23 heavy (non-hydrogen) atoms. The molecule has 0 aliphatic carbocycles. The van der Waals surface area contributed by atoms with E-state index in [1.54, 1.807) is 18.2 Å². The molecule has 0 fully saturated rings. The number of nitrogens with zero attached hydrogens (tertiary/aromatic N) is 1.